The number of aliphatic hydroxyl groups is 2. The van der Waals surface area contributed by atoms with Crippen LogP contribution in [0.4, 0.5) is 0 Å². The lowest BCUT2D eigenvalue weighted by Gasteiger charge is -2.24. The van der Waals surface area contributed by atoms with Crippen molar-refractivity contribution in [2.24, 2.45) is 5.92 Å². The fraction of sp³-hybridized carbons (Fsp3) is 0.476. The number of amides is 2. The van der Waals surface area contributed by atoms with Gasteiger partial charge in [0.25, 0.3) is 0 Å². The molecular formula is C21H26Cl2N2O6. The summed E-state index contributed by atoms with van der Waals surface area (Å²) in [5, 5.41) is 24.7. The van der Waals surface area contributed by atoms with Gasteiger partial charge in [-0.2, -0.15) is 0 Å². The molecule has 0 aromatic heterocycles. The van der Waals surface area contributed by atoms with Crippen LogP contribution in [0.25, 0.3) is 6.08 Å². The Bertz CT molecular complexity index is 854. The number of ether oxygens (including phenoxy) is 1. The quantitative estimate of drug-likeness (QED) is 0.284. The lowest BCUT2D eigenvalue weighted by molar-refractivity contribution is -0.134. The number of rotatable bonds is 11. The van der Waals surface area contributed by atoms with E-state index in [1.54, 1.807) is 12.1 Å². The van der Waals surface area contributed by atoms with E-state index in [-0.39, 0.29) is 12.5 Å². The maximum absolute atomic E-state index is 12.7. The van der Waals surface area contributed by atoms with E-state index in [0.29, 0.717) is 22.0 Å². The van der Waals surface area contributed by atoms with E-state index in [4.69, 9.17) is 27.9 Å². The van der Waals surface area contributed by atoms with Crippen LogP contribution in [0.5, 0.6) is 0 Å². The summed E-state index contributed by atoms with van der Waals surface area (Å²) in [5.41, 5.74) is -0.738. The molecule has 1 aromatic carbocycles. The van der Waals surface area contributed by atoms with Gasteiger partial charge in [-0.05, 0) is 36.1 Å². The Labute approximate surface area is 190 Å². The monoisotopic (exact) mass is 472 g/mol. The molecule has 4 N–H and O–H groups in total. The van der Waals surface area contributed by atoms with Crippen LogP contribution in [0.15, 0.2) is 24.3 Å². The Hall–Kier alpha value is -1.97. The van der Waals surface area contributed by atoms with Crippen molar-refractivity contribution >= 4 is 46.9 Å². The Morgan fingerprint density at radius 2 is 1.87 bits per heavy atom. The van der Waals surface area contributed by atoms with Gasteiger partial charge in [-0.3, -0.25) is 14.4 Å². The highest BCUT2D eigenvalue weighted by Crippen LogP contribution is 2.30. The third-order valence-electron chi connectivity index (χ3n) is 4.73. The molecule has 10 heteroatoms. The van der Waals surface area contributed by atoms with E-state index < -0.39 is 48.5 Å². The van der Waals surface area contributed by atoms with E-state index in [1.165, 1.54) is 18.2 Å². The number of hydrogen-bond donors (Lipinski definition) is 4. The first-order chi connectivity index (χ1) is 14.6. The van der Waals surface area contributed by atoms with Crippen LogP contribution in [0, 0.1) is 5.92 Å². The summed E-state index contributed by atoms with van der Waals surface area (Å²) in [6.45, 7) is 2.70. The predicted octanol–water partition coefficient (Wildman–Crippen LogP) is 1.34. The summed E-state index contributed by atoms with van der Waals surface area (Å²) in [6, 6.07) is 2.58. The van der Waals surface area contributed by atoms with Crippen LogP contribution in [-0.2, 0) is 19.1 Å². The topological polar surface area (TPSA) is 128 Å². The van der Waals surface area contributed by atoms with Crippen molar-refractivity contribution in [1.82, 2.24) is 10.6 Å². The average molecular weight is 473 g/mol. The number of epoxide rings is 1. The van der Waals surface area contributed by atoms with Crippen LogP contribution < -0.4 is 10.6 Å². The molecule has 1 aromatic rings. The van der Waals surface area contributed by atoms with Crippen LogP contribution >= 0.6 is 23.2 Å². The summed E-state index contributed by atoms with van der Waals surface area (Å²) in [5.74, 6) is -1.72. The largest absolute Gasteiger partial charge is 0.394 e. The van der Waals surface area contributed by atoms with Gasteiger partial charge in [-0.25, -0.2) is 0 Å². The average Bonchev–Trinajstić information content (AvgIpc) is 3.51. The molecule has 8 nitrogen and oxygen atoms in total. The lowest BCUT2D eigenvalue weighted by atomic mass is 9.92. The summed E-state index contributed by atoms with van der Waals surface area (Å²) >= 11 is 11.9. The highest BCUT2D eigenvalue weighted by atomic mass is 35.5. The molecule has 170 valence electrons. The van der Waals surface area contributed by atoms with E-state index in [1.807, 2.05) is 13.8 Å². The van der Waals surface area contributed by atoms with Gasteiger partial charge in [0.1, 0.15) is 6.04 Å². The van der Waals surface area contributed by atoms with Gasteiger partial charge in [0, 0.05) is 16.1 Å². The zero-order chi connectivity index (χ0) is 23.2. The van der Waals surface area contributed by atoms with Crippen molar-refractivity contribution in [2.75, 3.05) is 19.8 Å². The number of carbonyl (C=O) groups excluding carboxylic acids is 3. The molecule has 1 aliphatic rings. The number of carbonyl (C=O) groups is 3. The third kappa shape index (κ3) is 7.02. The SMILES string of the molecule is CC(C)C[C@H](NC(=O)[C@H](CO)NC(=O)C=Cc1ccc(Cl)cc1Cl)C(=O)[C@@]1(CO)CO1. The molecule has 0 aliphatic carbocycles. The molecule has 0 radical (unpaired) electrons. The van der Waals surface area contributed by atoms with Gasteiger partial charge in [-0.15, -0.1) is 0 Å². The second kappa shape index (κ2) is 11.1. The van der Waals surface area contributed by atoms with E-state index in [2.05, 4.69) is 10.6 Å². The summed E-state index contributed by atoms with van der Waals surface area (Å²) in [7, 11) is 0. The number of hydrogen-bond acceptors (Lipinski definition) is 6. The second-order valence-electron chi connectivity index (χ2n) is 7.74. The molecule has 0 bridgehead atoms. The maximum atomic E-state index is 12.7. The Balaban J connectivity index is 2.02. The molecule has 0 unspecified atom stereocenters. The number of nitrogens with one attached hydrogen (secondary N) is 2. The standard InChI is InChI=1S/C21H26Cl2N2O6/c1-12(2)7-16(19(29)21(10-27)11-31-21)25-20(30)17(9-26)24-18(28)6-4-13-3-5-14(22)8-15(13)23/h3-6,8,12,16-17,26-27H,7,9-11H2,1-2H3,(H,24,28)(H,25,30)/t16-,17-,21+/m0/s1. The molecule has 2 rings (SSSR count). The minimum absolute atomic E-state index is 0.0676. The summed E-state index contributed by atoms with van der Waals surface area (Å²) < 4.78 is 5.10. The Morgan fingerprint density at radius 3 is 2.39 bits per heavy atom. The first-order valence-corrected chi connectivity index (χ1v) is 10.5. The third-order valence-corrected chi connectivity index (χ3v) is 5.29. The molecule has 1 saturated heterocycles. The first kappa shape index (κ1) is 25.3. The van der Waals surface area contributed by atoms with Crippen molar-refractivity contribution in [2.45, 2.75) is 38.0 Å². The van der Waals surface area contributed by atoms with Crippen molar-refractivity contribution in [3.63, 3.8) is 0 Å². The van der Waals surface area contributed by atoms with Crippen LogP contribution in [0.3, 0.4) is 0 Å². The van der Waals surface area contributed by atoms with E-state index in [9.17, 15) is 24.6 Å². The summed E-state index contributed by atoms with van der Waals surface area (Å²) in [4.78, 5) is 37.5. The fourth-order valence-electron chi connectivity index (χ4n) is 2.91. The molecular weight excluding hydrogens is 447 g/mol. The van der Waals surface area contributed by atoms with Crippen molar-refractivity contribution in [3.8, 4) is 0 Å². The predicted molar refractivity (Wildman–Crippen MR) is 117 cm³/mol. The number of ketones is 1. The summed E-state index contributed by atoms with van der Waals surface area (Å²) in [6.07, 6.45) is 2.93. The van der Waals surface area contributed by atoms with Crippen molar-refractivity contribution < 1.29 is 29.3 Å². The zero-order valence-electron chi connectivity index (χ0n) is 17.2. The maximum Gasteiger partial charge on any atom is 0.245 e. The van der Waals surface area contributed by atoms with Crippen LogP contribution in [0.2, 0.25) is 10.0 Å². The number of aliphatic hydroxyl groups excluding tert-OH is 2. The van der Waals surface area contributed by atoms with E-state index >= 15 is 0 Å². The Morgan fingerprint density at radius 1 is 1.19 bits per heavy atom. The molecule has 31 heavy (non-hydrogen) atoms. The van der Waals surface area contributed by atoms with E-state index in [0.717, 1.165) is 0 Å². The van der Waals surface area contributed by atoms with Gasteiger partial charge in [0.2, 0.25) is 11.8 Å². The van der Waals surface area contributed by atoms with Crippen molar-refractivity contribution in [1.29, 1.82) is 0 Å². The smallest absolute Gasteiger partial charge is 0.245 e. The lowest BCUT2D eigenvalue weighted by Crippen LogP contribution is -2.55. The fourth-order valence-corrected chi connectivity index (χ4v) is 3.38. The molecule has 1 aliphatic heterocycles. The van der Waals surface area contributed by atoms with Gasteiger partial charge >= 0.3 is 0 Å². The molecule has 0 saturated carbocycles. The molecule has 1 fully saturated rings. The van der Waals surface area contributed by atoms with Crippen LogP contribution in [0.1, 0.15) is 25.8 Å². The van der Waals surface area contributed by atoms with Crippen molar-refractivity contribution in [3.05, 3.63) is 39.9 Å². The number of benzene rings is 1. The Kier molecular flexibility index (Phi) is 9.02. The van der Waals surface area contributed by atoms with Gasteiger partial charge in [0.15, 0.2) is 11.4 Å². The first-order valence-electron chi connectivity index (χ1n) is 9.76. The van der Waals surface area contributed by atoms with Gasteiger partial charge < -0.3 is 25.6 Å². The molecule has 3 atom stereocenters. The number of Topliss-reactive ketones (excluding diaryl/α,β-unsaturated/α-hetero) is 1. The highest BCUT2D eigenvalue weighted by Gasteiger charge is 2.54. The van der Waals surface area contributed by atoms with Crippen LogP contribution in [-0.4, -0.2) is 65.3 Å². The molecule has 1 heterocycles. The second-order valence-corrected chi connectivity index (χ2v) is 8.58. The number of halogens is 2. The normalized spacial score (nSPS) is 19.8. The zero-order valence-corrected chi connectivity index (χ0v) is 18.7. The minimum atomic E-state index is -1.29. The highest BCUT2D eigenvalue weighted by molar-refractivity contribution is 6.35. The van der Waals surface area contributed by atoms with Gasteiger partial charge in [-0.1, -0.05) is 43.1 Å². The minimum Gasteiger partial charge on any atom is -0.394 e. The molecule has 2 amide bonds. The van der Waals surface area contributed by atoms with Gasteiger partial charge in [0.05, 0.1) is 25.9 Å². The molecule has 0 spiro atoms.